The van der Waals surface area contributed by atoms with Gasteiger partial charge in [0.2, 0.25) is 0 Å². The Bertz CT molecular complexity index is 1330. The lowest BCUT2D eigenvalue weighted by Gasteiger charge is -2.13. The van der Waals surface area contributed by atoms with Crippen molar-refractivity contribution >= 4 is 44.8 Å². The van der Waals surface area contributed by atoms with Gasteiger partial charge in [-0.25, -0.2) is 9.78 Å². The van der Waals surface area contributed by atoms with E-state index in [9.17, 15) is 24.5 Å². The quantitative estimate of drug-likeness (QED) is 0.342. The first-order valence-electron chi connectivity index (χ1n) is 10.6. The number of hydrogen-bond donors (Lipinski definition) is 1. The molecule has 1 atom stereocenters. The lowest BCUT2D eigenvalue weighted by molar-refractivity contribution is -0.384. The van der Waals surface area contributed by atoms with Crippen LogP contribution in [-0.4, -0.2) is 32.5 Å². The molecule has 0 radical (unpaired) electrons. The van der Waals surface area contributed by atoms with Crippen molar-refractivity contribution in [2.45, 2.75) is 52.2 Å². The van der Waals surface area contributed by atoms with Crippen LogP contribution in [0, 0.1) is 17.0 Å². The zero-order valence-corrected chi connectivity index (χ0v) is 18.9. The lowest BCUT2D eigenvalue weighted by Crippen LogP contribution is -2.30. The van der Waals surface area contributed by atoms with E-state index in [0.717, 1.165) is 42.8 Å². The number of nitro groups is 1. The summed E-state index contributed by atoms with van der Waals surface area (Å²) in [4.78, 5) is 54.0. The van der Waals surface area contributed by atoms with Gasteiger partial charge in [-0.05, 0) is 38.3 Å². The standard InChI is InChI=1S/C22H22N4O6S/c1-12-17-20(24-16-9-4-3-5-10-25(16)21(17)28)33-18(12)22(29)32-13(2)19(27)23-14-7-6-8-15(11-14)26(30)31/h6-8,11,13H,3-5,9-10H2,1-2H3,(H,23,27). The molecule has 1 amide bonds. The minimum atomic E-state index is -1.16. The van der Waals surface area contributed by atoms with Crippen molar-refractivity contribution in [3.8, 4) is 0 Å². The third kappa shape index (κ3) is 4.49. The molecule has 1 N–H and O–H groups in total. The molecule has 2 aromatic heterocycles. The van der Waals surface area contributed by atoms with E-state index in [2.05, 4.69) is 10.3 Å². The van der Waals surface area contributed by atoms with Crippen LogP contribution in [0.1, 0.15) is 47.2 Å². The van der Waals surface area contributed by atoms with E-state index in [4.69, 9.17) is 4.74 Å². The van der Waals surface area contributed by atoms with Gasteiger partial charge in [-0.2, -0.15) is 0 Å². The highest BCUT2D eigenvalue weighted by atomic mass is 32.1. The first-order valence-corrected chi connectivity index (χ1v) is 11.4. The summed E-state index contributed by atoms with van der Waals surface area (Å²) >= 11 is 1.08. The zero-order valence-electron chi connectivity index (χ0n) is 18.1. The molecule has 0 spiro atoms. The SMILES string of the molecule is Cc1c(C(=O)OC(C)C(=O)Nc2cccc([N+](=O)[O-])c2)sc2nc3n(c(=O)c12)CCCCC3. The van der Waals surface area contributed by atoms with E-state index in [1.165, 1.54) is 31.2 Å². The fourth-order valence-electron chi connectivity index (χ4n) is 3.81. The minimum Gasteiger partial charge on any atom is -0.448 e. The van der Waals surface area contributed by atoms with Crippen molar-refractivity contribution in [3.63, 3.8) is 0 Å². The second-order valence-corrected chi connectivity index (χ2v) is 8.88. The number of thiophene rings is 1. The first kappa shape index (κ1) is 22.6. The number of hydrogen-bond acceptors (Lipinski definition) is 8. The van der Waals surface area contributed by atoms with E-state index in [1.54, 1.807) is 11.5 Å². The molecule has 10 nitrogen and oxygen atoms in total. The van der Waals surface area contributed by atoms with Crippen molar-refractivity contribution in [1.82, 2.24) is 9.55 Å². The summed E-state index contributed by atoms with van der Waals surface area (Å²) in [5.41, 5.74) is 0.383. The molecule has 172 valence electrons. The maximum atomic E-state index is 13.1. The van der Waals surface area contributed by atoms with E-state index >= 15 is 0 Å². The second kappa shape index (κ2) is 9.10. The van der Waals surface area contributed by atoms with Crippen molar-refractivity contribution in [2.75, 3.05) is 5.32 Å². The number of fused-ring (bicyclic) bond motifs is 2. The summed E-state index contributed by atoms with van der Waals surface area (Å²) in [6.07, 6.45) is 2.48. The Morgan fingerprint density at radius 3 is 2.85 bits per heavy atom. The monoisotopic (exact) mass is 470 g/mol. The van der Waals surface area contributed by atoms with Crippen molar-refractivity contribution in [1.29, 1.82) is 0 Å². The van der Waals surface area contributed by atoms with Crippen LogP contribution in [0.2, 0.25) is 0 Å². The predicted molar refractivity (Wildman–Crippen MR) is 123 cm³/mol. The number of anilines is 1. The number of rotatable bonds is 5. The molecule has 11 heteroatoms. The molecular formula is C22H22N4O6S. The number of nitrogens with one attached hydrogen (secondary N) is 1. The topological polar surface area (TPSA) is 133 Å². The fourth-order valence-corrected chi connectivity index (χ4v) is 4.89. The van der Waals surface area contributed by atoms with Crippen LogP contribution in [0.25, 0.3) is 10.2 Å². The Morgan fingerprint density at radius 2 is 2.09 bits per heavy atom. The van der Waals surface area contributed by atoms with Gasteiger partial charge in [0.1, 0.15) is 15.5 Å². The van der Waals surface area contributed by atoms with Crippen LogP contribution in [0.5, 0.6) is 0 Å². The highest BCUT2D eigenvalue weighted by Crippen LogP contribution is 2.29. The number of nitro benzene ring substituents is 1. The number of nitrogens with zero attached hydrogens (tertiary/aromatic N) is 3. The summed E-state index contributed by atoms with van der Waals surface area (Å²) in [6.45, 7) is 3.69. The van der Waals surface area contributed by atoms with Gasteiger partial charge in [-0.1, -0.05) is 12.5 Å². The third-order valence-corrected chi connectivity index (χ3v) is 6.74. The number of carbonyl (C=O) groups excluding carboxylic acids is 2. The van der Waals surface area contributed by atoms with E-state index < -0.39 is 22.9 Å². The van der Waals surface area contributed by atoms with Gasteiger partial charge in [0, 0.05) is 30.8 Å². The van der Waals surface area contributed by atoms with Gasteiger partial charge >= 0.3 is 5.97 Å². The van der Waals surface area contributed by atoms with Gasteiger partial charge in [-0.3, -0.25) is 24.3 Å². The van der Waals surface area contributed by atoms with Gasteiger partial charge in [0.25, 0.3) is 17.2 Å². The second-order valence-electron chi connectivity index (χ2n) is 7.88. The molecule has 0 bridgehead atoms. The van der Waals surface area contributed by atoms with Crippen molar-refractivity contribution in [2.24, 2.45) is 0 Å². The summed E-state index contributed by atoms with van der Waals surface area (Å²) < 4.78 is 7.03. The molecule has 0 saturated heterocycles. The molecule has 3 aromatic rings. The average molecular weight is 471 g/mol. The smallest absolute Gasteiger partial charge is 0.349 e. The number of esters is 1. The maximum absolute atomic E-state index is 13.1. The van der Waals surface area contributed by atoms with E-state index in [1.807, 2.05) is 0 Å². The highest BCUT2D eigenvalue weighted by molar-refractivity contribution is 7.20. The fraction of sp³-hybridized carbons (Fsp3) is 0.364. The van der Waals surface area contributed by atoms with Crippen molar-refractivity contribution < 1.29 is 19.2 Å². The van der Waals surface area contributed by atoms with Gasteiger partial charge < -0.3 is 10.1 Å². The molecule has 0 aliphatic carbocycles. The van der Waals surface area contributed by atoms with E-state index in [-0.39, 0.29) is 21.8 Å². The number of non-ortho nitro benzene ring substituents is 1. The van der Waals surface area contributed by atoms with Gasteiger partial charge in [0.15, 0.2) is 6.10 Å². The number of aryl methyl sites for hydroxylation is 2. The summed E-state index contributed by atoms with van der Waals surface area (Å²) in [5.74, 6) is -0.625. The summed E-state index contributed by atoms with van der Waals surface area (Å²) in [6, 6.07) is 5.46. The average Bonchev–Trinajstić information content (AvgIpc) is 2.94. The van der Waals surface area contributed by atoms with Crippen LogP contribution in [0.15, 0.2) is 29.1 Å². The van der Waals surface area contributed by atoms with Gasteiger partial charge in [-0.15, -0.1) is 11.3 Å². The molecule has 1 aliphatic heterocycles. The van der Waals surface area contributed by atoms with Crippen LogP contribution in [0.4, 0.5) is 11.4 Å². The molecule has 3 heterocycles. The highest BCUT2D eigenvalue weighted by Gasteiger charge is 2.26. The Kier molecular flexibility index (Phi) is 6.23. The van der Waals surface area contributed by atoms with Crippen LogP contribution in [0.3, 0.4) is 0 Å². The Balaban J connectivity index is 1.54. The van der Waals surface area contributed by atoms with Crippen molar-refractivity contribution in [3.05, 3.63) is 61.0 Å². The molecule has 4 rings (SSSR count). The Labute approximate surface area is 192 Å². The molecular weight excluding hydrogens is 448 g/mol. The molecule has 1 aliphatic rings. The van der Waals surface area contributed by atoms with Crippen LogP contribution >= 0.6 is 11.3 Å². The minimum absolute atomic E-state index is 0.152. The summed E-state index contributed by atoms with van der Waals surface area (Å²) in [5, 5.41) is 13.8. The molecule has 0 saturated carbocycles. The molecule has 33 heavy (non-hydrogen) atoms. The number of carbonyl (C=O) groups is 2. The van der Waals surface area contributed by atoms with E-state index in [0.29, 0.717) is 22.3 Å². The normalized spacial score (nSPS) is 14.2. The van der Waals surface area contributed by atoms with Crippen LogP contribution < -0.4 is 10.9 Å². The van der Waals surface area contributed by atoms with Gasteiger partial charge in [0.05, 0.1) is 10.3 Å². The lowest BCUT2D eigenvalue weighted by atomic mass is 10.2. The molecule has 1 unspecified atom stereocenters. The number of ether oxygens (including phenoxy) is 1. The molecule has 0 fully saturated rings. The third-order valence-electron chi connectivity index (χ3n) is 5.57. The largest absolute Gasteiger partial charge is 0.448 e. The molecule has 1 aromatic carbocycles. The number of aromatic nitrogens is 2. The predicted octanol–water partition coefficient (Wildman–Crippen LogP) is 3.59. The zero-order chi connectivity index (χ0) is 23.7. The Morgan fingerprint density at radius 1 is 1.30 bits per heavy atom. The number of amides is 1. The summed E-state index contributed by atoms with van der Waals surface area (Å²) in [7, 11) is 0. The first-order chi connectivity index (χ1) is 15.8. The number of benzene rings is 1. The maximum Gasteiger partial charge on any atom is 0.349 e. The Hall–Kier alpha value is -3.60. The van der Waals surface area contributed by atoms with Crippen LogP contribution in [-0.2, 0) is 22.5 Å².